The number of esters is 1. The summed E-state index contributed by atoms with van der Waals surface area (Å²) >= 11 is 0. The van der Waals surface area contributed by atoms with Gasteiger partial charge in [-0.25, -0.2) is 4.79 Å². The van der Waals surface area contributed by atoms with Gasteiger partial charge in [-0.1, -0.05) is 6.58 Å². The van der Waals surface area contributed by atoms with Gasteiger partial charge in [0.15, 0.2) is 0 Å². The predicted octanol–water partition coefficient (Wildman–Crippen LogP) is -0.649. The lowest BCUT2D eigenvalue weighted by molar-refractivity contribution is -0.138. The maximum atomic E-state index is 10.1. The summed E-state index contributed by atoms with van der Waals surface area (Å²) < 4.78 is 18.6. The van der Waals surface area contributed by atoms with Crippen LogP contribution in [0.2, 0.25) is 0 Å². The molecule has 7 heteroatoms. The van der Waals surface area contributed by atoms with E-state index in [1.54, 1.807) is 21.3 Å². The largest absolute Gasteiger partial charge is 0.483 e. The molecule has 0 aromatic rings. The van der Waals surface area contributed by atoms with Gasteiger partial charge in [-0.05, 0) is 0 Å². The van der Waals surface area contributed by atoms with E-state index < -0.39 is 15.5 Å². The van der Waals surface area contributed by atoms with E-state index >= 15 is 0 Å². The highest BCUT2D eigenvalue weighted by Gasteiger charge is 2.04. The third kappa shape index (κ3) is 13.3. The molecule has 0 amide bonds. The van der Waals surface area contributed by atoms with Gasteiger partial charge in [0.05, 0.1) is 6.61 Å². The fourth-order valence-electron chi connectivity index (χ4n) is 0.494. The molecule has 0 saturated carbocycles. The Bertz CT molecular complexity index is 154. The topological polar surface area (TPSA) is 74.2 Å². The Labute approximate surface area is 91.4 Å². The van der Waals surface area contributed by atoms with Crippen LogP contribution in [-0.2, 0) is 22.8 Å². The van der Waals surface area contributed by atoms with Gasteiger partial charge in [0.2, 0.25) is 0 Å². The van der Waals surface area contributed by atoms with Crippen LogP contribution in [0.4, 0.5) is 0 Å². The van der Waals surface area contributed by atoms with Crippen molar-refractivity contribution in [2.24, 2.45) is 0 Å². The first-order valence-electron chi connectivity index (χ1n) is 4.14. The molecule has 0 atom stereocenters. The van der Waals surface area contributed by atoms with Crippen LogP contribution in [0.3, 0.4) is 0 Å². The molecule has 0 aliphatic rings. The van der Waals surface area contributed by atoms with Crippen molar-refractivity contribution in [2.45, 2.75) is 0 Å². The van der Waals surface area contributed by atoms with Crippen LogP contribution in [-0.4, -0.2) is 55.1 Å². The van der Waals surface area contributed by atoms with Gasteiger partial charge < -0.3 is 23.1 Å². The number of hydrogen-bond acceptors (Lipinski definition) is 6. The van der Waals surface area contributed by atoms with Crippen molar-refractivity contribution in [2.75, 3.05) is 34.5 Å². The smallest absolute Gasteiger partial charge is 0.460 e. The van der Waals surface area contributed by atoms with Gasteiger partial charge in [0.1, 0.15) is 6.61 Å². The molecule has 0 aromatic heterocycles. The normalized spacial score (nSPS) is 9.13. The second kappa shape index (κ2) is 13.3. The number of carbonyl (C=O) groups excluding carboxylic acids is 1. The van der Waals surface area contributed by atoms with Crippen molar-refractivity contribution in [3.63, 3.8) is 0 Å². The molecule has 0 radical (unpaired) electrons. The number of aliphatic hydroxyl groups excluding tert-OH is 1. The van der Waals surface area contributed by atoms with Crippen LogP contribution in [0.25, 0.3) is 0 Å². The van der Waals surface area contributed by atoms with Crippen LogP contribution in [0, 0.1) is 0 Å². The molecule has 0 aliphatic heterocycles. The molecule has 15 heavy (non-hydrogen) atoms. The van der Waals surface area contributed by atoms with E-state index in [4.69, 9.17) is 18.4 Å². The minimum atomic E-state index is -1.67. The number of rotatable bonds is 6. The molecule has 0 unspecified atom stereocenters. The number of aliphatic hydroxyl groups is 1. The molecule has 0 fully saturated rings. The fraction of sp³-hybridized carbons (Fsp3) is 0.625. The maximum absolute atomic E-state index is 10.1. The van der Waals surface area contributed by atoms with Crippen molar-refractivity contribution in [1.29, 1.82) is 0 Å². The van der Waals surface area contributed by atoms with Crippen molar-refractivity contribution < 1.29 is 27.9 Å². The Morgan fingerprint density at radius 1 is 1.33 bits per heavy atom. The quantitative estimate of drug-likeness (QED) is 0.376. The van der Waals surface area contributed by atoms with Crippen LogP contribution < -0.4 is 0 Å². The van der Waals surface area contributed by atoms with E-state index in [2.05, 4.69) is 11.3 Å². The van der Waals surface area contributed by atoms with E-state index in [0.717, 1.165) is 6.08 Å². The van der Waals surface area contributed by atoms with Crippen molar-refractivity contribution >= 4 is 15.5 Å². The molecule has 6 nitrogen and oxygen atoms in total. The molecule has 0 spiro atoms. The number of carbonyl (C=O) groups is 1. The van der Waals surface area contributed by atoms with E-state index in [0.29, 0.717) is 0 Å². The molecular formula is C8H18O6Si. The van der Waals surface area contributed by atoms with Gasteiger partial charge in [-0.3, -0.25) is 0 Å². The third-order valence-electron chi connectivity index (χ3n) is 1.08. The Kier molecular flexibility index (Phi) is 14.8. The highest BCUT2D eigenvalue weighted by molar-refractivity contribution is 6.36. The van der Waals surface area contributed by atoms with Crippen LogP contribution in [0.1, 0.15) is 0 Å². The second-order valence-electron chi connectivity index (χ2n) is 2.09. The second-order valence-corrected chi connectivity index (χ2v) is 4.08. The zero-order valence-corrected chi connectivity index (χ0v) is 10.4. The number of ether oxygens (including phenoxy) is 1. The SMILES string of the molecule is C=CC(=O)OCCO.CO[SiH](OC)OC. The molecule has 0 aliphatic carbocycles. The Morgan fingerprint density at radius 2 is 1.80 bits per heavy atom. The molecular weight excluding hydrogens is 220 g/mol. The molecule has 0 saturated heterocycles. The molecule has 0 aromatic carbocycles. The predicted molar refractivity (Wildman–Crippen MR) is 56.4 cm³/mol. The minimum Gasteiger partial charge on any atom is -0.460 e. The van der Waals surface area contributed by atoms with E-state index in [-0.39, 0.29) is 13.2 Å². The van der Waals surface area contributed by atoms with Gasteiger partial charge in [-0.2, -0.15) is 0 Å². The standard InChI is InChI=1S/C5H8O3.C3H10O3Si/c1-2-5(7)8-4-3-6;1-4-7(5-2)6-3/h2,6H,1,3-4H2;7H,1-3H3. The summed E-state index contributed by atoms with van der Waals surface area (Å²) in [5.41, 5.74) is 0. The summed E-state index contributed by atoms with van der Waals surface area (Å²) in [5.74, 6) is -0.501. The van der Waals surface area contributed by atoms with Gasteiger partial charge in [-0.15, -0.1) is 0 Å². The first-order valence-corrected chi connectivity index (χ1v) is 5.56. The summed E-state index contributed by atoms with van der Waals surface area (Å²) in [6, 6.07) is 0. The van der Waals surface area contributed by atoms with Crippen LogP contribution in [0.5, 0.6) is 0 Å². The first kappa shape index (κ1) is 16.7. The first-order chi connectivity index (χ1) is 7.15. The van der Waals surface area contributed by atoms with Crippen molar-refractivity contribution in [3.05, 3.63) is 12.7 Å². The highest BCUT2D eigenvalue weighted by atomic mass is 28.3. The lowest BCUT2D eigenvalue weighted by Crippen LogP contribution is -2.21. The van der Waals surface area contributed by atoms with E-state index in [9.17, 15) is 4.79 Å². The summed E-state index contributed by atoms with van der Waals surface area (Å²) in [4.78, 5) is 10.1. The van der Waals surface area contributed by atoms with Gasteiger partial charge in [0, 0.05) is 27.4 Å². The van der Waals surface area contributed by atoms with E-state index in [1.807, 2.05) is 0 Å². The summed E-state index contributed by atoms with van der Waals surface area (Å²) in [7, 11) is 3.05. The highest BCUT2D eigenvalue weighted by Crippen LogP contribution is 1.81. The Morgan fingerprint density at radius 3 is 2.00 bits per heavy atom. The Balaban J connectivity index is 0. The monoisotopic (exact) mass is 238 g/mol. The summed E-state index contributed by atoms with van der Waals surface area (Å²) in [5, 5.41) is 8.10. The number of hydrogen-bond donors (Lipinski definition) is 1. The zero-order valence-electron chi connectivity index (χ0n) is 9.26. The minimum absolute atomic E-state index is 0.0465. The maximum Gasteiger partial charge on any atom is 0.483 e. The lowest BCUT2D eigenvalue weighted by Gasteiger charge is -2.05. The molecule has 0 heterocycles. The average molecular weight is 238 g/mol. The lowest BCUT2D eigenvalue weighted by atomic mass is 10.6. The zero-order chi connectivity index (χ0) is 12.1. The molecule has 90 valence electrons. The Hall–Kier alpha value is -0.733. The van der Waals surface area contributed by atoms with Crippen molar-refractivity contribution in [3.8, 4) is 0 Å². The molecule has 0 rings (SSSR count). The fourth-order valence-corrected chi connectivity index (χ4v) is 1.07. The molecule has 1 N–H and O–H groups in total. The van der Waals surface area contributed by atoms with E-state index in [1.165, 1.54) is 0 Å². The molecule has 0 bridgehead atoms. The van der Waals surface area contributed by atoms with Gasteiger partial charge in [0.25, 0.3) is 0 Å². The summed E-state index contributed by atoms with van der Waals surface area (Å²) in [6.45, 7) is 3.06. The van der Waals surface area contributed by atoms with Crippen molar-refractivity contribution in [1.82, 2.24) is 0 Å². The summed E-state index contributed by atoms with van der Waals surface area (Å²) in [6.07, 6.45) is 1.05. The third-order valence-corrected chi connectivity index (χ3v) is 2.23. The van der Waals surface area contributed by atoms with Gasteiger partial charge >= 0.3 is 15.5 Å². The van der Waals surface area contributed by atoms with Crippen LogP contribution in [0.15, 0.2) is 12.7 Å². The van der Waals surface area contributed by atoms with Crippen LogP contribution >= 0.6 is 0 Å². The average Bonchev–Trinajstić information content (AvgIpc) is 2.29.